The van der Waals surface area contributed by atoms with E-state index in [1.165, 1.54) is 0 Å². The standard InChI is InChI=1S/C20H20N2O2/c1-2-3-5-12-16-18(22-14-9-8-13-17(22)21-16)20(24)19(23)15-10-6-4-7-11-15/h4,6-11,13-14H,2-3,5,12H2,1H3. The maximum atomic E-state index is 12.9. The summed E-state index contributed by atoms with van der Waals surface area (Å²) in [4.78, 5) is 30.0. The Morgan fingerprint density at radius 1 is 0.958 bits per heavy atom. The minimum Gasteiger partial charge on any atom is -0.296 e. The van der Waals surface area contributed by atoms with E-state index in [2.05, 4.69) is 11.9 Å². The van der Waals surface area contributed by atoms with Gasteiger partial charge in [0, 0.05) is 11.8 Å². The van der Waals surface area contributed by atoms with Gasteiger partial charge in [0.2, 0.25) is 5.78 Å². The van der Waals surface area contributed by atoms with Gasteiger partial charge in [-0.15, -0.1) is 0 Å². The number of imidazole rings is 1. The largest absolute Gasteiger partial charge is 0.296 e. The van der Waals surface area contributed by atoms with Crippen molar-refractivity contribution in [3.8, 4) is 0 Å². The summed E-state index contributed by atoms with van der Waals surface area (Å²) in [5, 5.41) is 0. The fourth-order valence-corrected chi connectivity index (χ4v) is 2.83. The van der Waals surface area contributed by atoms with Gasteiger partial charge in [-0.05, 0) is 25.0 Å². The first-order valence-electron chi connectivity index (χ1n) is 8.32. The van der Waals surface area contributed by atoms with Crippen LogP contribution in [0, 0.1) is 0 Å². The van der Waals surface area contributed by atoms with E-state index >= 15 is 0 Å². The lowest BCUT2D eigenvalue weighted by molar-refractivity contribution is 0.0813. The highest BCUT2D eigenvalue weighted by Gasteiger charge is 2.25. The summed E-state index contributed by atoms with van der Waals surface area (Å²) >= 11 is 0. The zero-order chi connectivity index (χ0) is 16.9. The molecule has 122 valence electrons. The maximum Gasteiger partial charge on any atom is 0.252 e. The minimum absolute atomic E-state index is 0.399. The average Bonchev–Trinajstić information content (AvgIpc) is 2.99. The van der Waals surface area contributed by atoms with Gasteiger partial charge in [0.05, 0.1) is 5.69 Å². The Balaban J connectivity index is 2.01. The van der Waals surface area contributed by atoms with Crippen LogP contribution in [0.25, 0.3) is 5.65 Å². The Morgan fingerprint density at radius 2 is 1.71 bits per heavy atom. The molecule has 2 aromatic heterocycles. The van der Waals surface area contributed by atoms with Crippen molar-refractivity contribution in [1.29, 1.82) is 0 Å². The normalized spacial score (nSPS) is 10.9. The summed E-state index contributed by atoms with van der Waals surface area (Å²) in [6, 6.07) is 14.3. The first-order valence-corrected chi connectivity index (χ1v) is 8.32. The van der Waals surface area contributed by atoms with Crippen molar-refractivity contribution in [3.05, 3.63) is 71.7 Å². The fourth-order valence-electron chi connectivity index (χ4n) is 2.83. The maximum absolute atomic E-state index is 12.9. The van der Waals surface area contributed by atoms with Crippen molar-refractivity contribution in [1.82, 2.24) is 9.38 Å². The molecule has 0 radical (unpaired) electrons. The van der Waals surface area contributed by atoms with E-state index in [9.17, 15) is 9.59 Å². The minimum atomic E-state index is -0.494. The molecule has 1 aromatic carbocycles. The number of aryl methyl sites for hydroxylation is 1. The van der Waals surface area contributed by atoms with E-state index in [-0.39, 0.29) is 0 Å². The molecular weight excluding hydrogens is 300 g/mol. The molecule has 24 heavy (non-hydrogen) atoms. The van der Waals surface area contributed by atoms with Gasteiger partial charge < -0.3 is 0 Å². The zero-order valence-corrected chi connectivity index (χ0v) is 13.7. The molecule has 3 aromatic rings. The van der Waals surface area contributed by atoms with Crippen LogP contribution >= 0.6 is 0 Å². The second-order valence-electron chi connectivity index (χ2n) is 5.82. The van der Waals surface area contributed by atoms with Gasteiger partial charge in [-0.3, -0.25) is 14.0 Å². The second kappa shape index (κ2) is 7.21. The lowest BCUT2D eigenvalue weighted by Crippen LogP contribution is -2.18. The molecule has 4 heteroatoms. The predicted molar refractivity (Wildman–Crippen MR) is 93.5 cm³/mol. The Bertz CT molecular complexity index is 866. The molecule has 0 saturated heterocycles. The summed E-state index contributed by atoms with van der Waals surface area (Å²) in [5.74, 6) is -0.982. The van der Waals surface area contributed by atoms with Gasteiger partial charge in [-0.25, -0.2) is 4.98 Å². The Morgan fingerprint density at radius 3 is 2.46 bits per heavy atom. The van der Waals surface area contributed by atoms with E-state index in [4.69, 9.17) is 0 Å². The third-order valence-electron chi connectivity index (χ3n) is 4.08. The van der Waals surface area contributed by atoms with Gasteiger partial charge >= 0.3 is 0 Å². The molecule has 0 bridgehead atoms. The number of benzene rings is 1. The highest BCUT2D eigenvalue weighted by atomic mass is 16.2. The Labute approximate surface area is 141 Å². The van der Waals surface area contributed by atoms with E-state index < -0.39 is 11.6 Å². The molecule has 2 heterocycles. The quantitative estimate of drug-likeness (QED) is 0.373. The molecule has 4 nitrogen and oxygen atoms in total. The lowest BCUT2D eigenvalue weighted by atomic mass is 10.0. The van der Waals surface area contributed by atoms with E-state index in [1.54, 1.807) is 34.9 Å². The number of rotatable bonds is 7. The number of unbranched alkanes of at least 4 members (excludes halogenated alkanes) is 2. The molecule has 0 unspecified atom stereocenters. The van der Waals surface area contributed by atoms with Crippen LogP contribution in [0.4, 0.5) is 0 Å². The van der Waals surface area contributed by atoms with Crippen molar-refractivity contribution in [3.63, 3.8) is 0 Å². The lowest BCUT2D eigenvalue weighted by Gasteiger charge is -2.04. The molecule has 0 aliphatic rings. The topological polar surface area (TPSA) is 51.4 Å². The molecule has 0 amide bonds. The molecule has 0 spiro atoms. The number of carbonyl (C=O) groups excluding carboxylic acids is 2. The first kappa shape index (κ1) is 16.1. The number of carbonyl (C=O) groups is 2. The third-order valence-corrected chi connectivity index (χ3v) is 4.08. The van der Waals surface area contributed by atoms with E-state index in [1.807, 2.05) is 24.3 Å². The van der Waals surface area contributed by atoms with Gasteiger partial charge in [-0.2, -0.15) is 0 Å². The van der Waals surface area contributed by atoms with Crippen LogP contribution in [-0.4, -0.2) is 21.0 Å². The predicted octanol–water partition coefficient (Wildman–Crippen LogP) is 4.13. The smallest absolute Gasteiger partial charge is 0.252 e. The summed E-state index contributed by atoms with van der Waals surface area (Å²) in [7, 11) is 0. The van der Waals surface area contributed by atoms with Gasteiger partial charge in [0.15, 0.2) is 0 Å². The molecule has 0 aliphatic heterocycles. The van der Waals surface area contributed by atoms with Crippen molar-refractivity contribution in [2.45, 2.75) is 32.6 Å². The summed E-state index contributed by atoms with van der Waals surface area (Å²) in [6.07, 6.45) is 5.63. The van der Waals surface area contributed by atoms with Crippen LogP contribution in [0.2, 0.25) is 0 Å². The zero-order valence-electron chi connectivity index (χ0n) is 13.7. The number of pyridine rings is 1. The molecular formula is C20H20N2O2. The molecule has 0 atom stereocenters. The Kier molecular flexibility index (Phi) is 4.85. The number of Topliss-reactive ketones (excluding diaryl/α,β-unsaturated/α-hetero) is 2. The van der Waals surface area contributed by atoms with Crippen LogP contribution in [0.15, 0.2) is 54.7 Å². The van der Waals surface area contributed by atoms with Crippen molar-refractivity contribution >= 4 is 17.2 Å². The van der Waals surface area contributed by atoms with E-state index in [0.717, 1.165) is 19.3 Å². The summed E-state index contributed by atoms with van der Waals surface area (Å²) in [6.45, 7) is 2.13. The molecule has 0 N–H and O–H groups in total. The highest BCUT2D eigenvalue weighted by molar-refractivity contribution is 6.49. The number of ketones is 2. The van der Waals surface area contributed by atoms with Crippen LogP contribution in [0.5, 0.6) is 0 Å². The fraction of sp³-hybridized carbons (Fsp3) is 0.250. The van der Waals surface area contributed by atoms with Crippen LogP contribution in [0.3, 0.4) is 0 Å². The number of hydrogen-bond acceptors (Lipinski definition) is 3. The number of nitrogens with zero attached hydrogens (tertiary/aromatic N) is 2. The number of fused-ring (bicyclic) bond motifs is 1. The number of aromatic nitrogens is 2. The highest BCUT2D eigenvalue weighted by Crippen LogP contribution is 2.18. The van der Waals surface area contributed by atoms with Crippen LogP contribution < -0.4 is 0 Å². The van der Waals surface area contributed by atoms with Crippen molar-refractivity contribution < 1.29 is 9.59 Å². The monoisotopic (exact) mass is 320 g/mol. The SMILES string of the molecule is CCCCCc1nc2ccccn2c1C(=O)C(=O)c1ccccc1. The van der Waals surface area contributed by atoms with Crippen molar-refractivity contribution in [2.75, 3.05) is 0 Å². The van der Waals surface area contributed by atoms with Gasteiger partial charge in [0.25, 0.3) is 5.78 Å². The van der Waals surface area contributed by atoms with Gasteiger partial charge in [0.1, 0.15) is 11.3 Å². The third kappa shape index (κ3) is 3.13. The average molecular weight is 320 g/mol. The molecule has 0 aliphatic carbocycles. The van der Waals surface area contributed by atoms with Gasteiger partial charge in [-0.1, -0.05) is 56.2 Å². The summed E-state index contributed by atoms with van der Waals surface area (Å²) in [5.41, 5.74) is 2.22. The molecule has 0 fully saturated rings. The summed E-state index contributed by atoms with van der Waals surface area (Å²) < 4.78 is 1.73. The first-order chi connectivity index (χ1) is 11.7. The molecule has 0 saturated carbocycles. The molecule has 3 rings (SSSR count). The van der Waals surface area contributed by atoms with Crippen molar-refractivity contribution in [2.24, 2.45) is 0 Å². The van der Waals surface area contributed by atoms with Crippen LogP contribution in [-0.2, 0) is 6.42 Å². The van der Waals surface area contributed by atoms with Crippen LogP contribution in [0.1, 0.15) is 52.7 Å². The second-order valence-corrected chi connectivity index (χ2v) is 5.82. The number of hydrogen-bond donors (Lipinski definition) is 0. The van der Waals surface area contributed by atoms with E-state index in [0.29, 0.717) is 29.0 Å². The Hall–Kier alpha value is -2.75.